The van der Waals surface area contributed by atoms with Crippen LogP contribution in [0.1, 0.15) is 127 Å². The molecule has 5 aliphatic rings. The monoisotopic (exact) mass is 786 g/mol. The number of carbonyl (C=O) groups excluding carboxylic acids is 1. The number of rotatable bonds is 8. The SMILES string of the molecule is C=C(C)c1nc([C@@H]2CC[C@@H]3C(=C)C(C)(C)OC(=O)N32)[nH]c1-c1cc2c3c(c1)OCc1cc(-c4[nH]c([C@@H]5CC[C@H](C)[N+]5([O-])COC(C)(C)C)nc4C(=C)C)cc(c1-3)OC2. The van der Waals surface area contributed by atoms with E-state index in [1.807, 2.05) is 55.4 Å². The molecular formula is C46H54N6O6. The Morgan fingerprint density at radius 1 is 0.897 bits per heavy atom. The summed E-state index contributed by atoms with van der Waals surface area (Å²) in [5.41, 5.74) is 10.3. The standard InChI is InChI=1S/C46H54N6O6/c1-23(2)38-40(49-42(47-38)32-14-13-31-26(6)46(10,11)58-44(53)51(31)32)27-16-29-20-56-35-19-28(17-30-21-55-34(18-27)36(29)37(30)35)41-39(24(3)4)48-43(50-41)33-15-12-25(5)52(33,54)22-57-45(7,8)9/h16-19,25,31-33H,1,3,6,12-15,20-22H2,2,4-5,7-11H3,(H,47,49)(H,48,50)/t25-,31+,32-,33-,52?/m0/s1. The molecule has 2 aromatic heterocycles. The number of ether oxygens (including phenoxy) is 4. The first kappa shape index (κ1) is 38.4. The third-order valence-electron chi connectivity index (χ3n) is 12.8. The van der Waals surface area contributed by atoms with Crippen molar-refractivity contribution in [3.8, 4) is 45.1 Å². The number of amides is 1. The first-order valence-corrected chi connectivity index (χ1v) is 20.4. The van der Waals surface area contributed by atoms with Crippen LogP contribution in [-0.4, -0.2) is 65.6 Å². The molecule has 304 valence electrons. The molecule has 5 atom stereocenters. The highest BCUT2D eigenvalue weighted by Gasteiger charge is 2.51. The summed E-state index contributed by atoms with van der Waals surface area (Å²) in [5, 5.41) is 14.4. The minimum Gasteiger partial charge on any atom is -0.630 e. The number of fused-ring (bicyclic) bond motifs is 1. The molecule has 1 unspecified atom stereocenters. The molecule has 0 saturated carbocycles. The Labute approximate surface area is 340 Å². The van der Waals surface area contributed by atoms with Gasteiger partial charge in [0.05, 0.1) is 46.5 Å². The second-order valence-electron chi connectivity index (χ2n) is 18.4. The lowest BCUT2D eigenvalue weighted by molar-refractivity contribution is -0.939. The third kappa shape index (κ3) is 6.02. The quantitative estimate of drug-likeness (QED) is 0.102. The Morgan fingerprint density at radius 2 is 1.43 bits per heavy atom. The fourth-order valence-electron chi connectivity index (χ4n) is 9.52. The number of hydrogen-bond acceptors (Lipinski definition) is 8. The van der Waals surface area contributed by atoms with E-state index in [1.165, 1.54) is 0 Å². The summed E-state index contributed by atoms with van der Waals surface area (Å²) in [7, 11) is 0. The first-order valence-electron chi connectivity index (χ1n) is 20.4. The number of nitrogens with zero attached hydrogens (tertiary/aromatic N) is 4. The van der Waals surface area contributed by atoms with Crippen LogP contribution in [0.25, 0.3) is 44.8 Å². The molecule has 12 heteroatoms. The van der Waals surface area contributed by atoms with Crippen LogP contribution >= 0.6 is 0 Å². The molecule has 2 N–H and O–H groups in total. The van der Waals surface area contributed by atoms with Gasteiger partial charge in [-0.1, -0.05) is 19.7 Å². The summed E-state index contributed by atoms with van der Waals surface area (Å²) < 4.78 is 24.5. The van der Waals surface area contributed by atoms with Gasteiger partial charge in [-0.15, -0.1) is 0 Å². The summed E-state index contributed by atoms with van der Waals surface area (Å²) in [6, 6.07) is 7.50. The van der Waals surface area contributed by atoms with Crippen LogP contribution in [0.15, 0.2) is 49.6 Å². The van der Waals surface area contributed by atoms with Crippen molar-refractivity contribution in [1.29, 1.82) is 0 Å². The van der Waals surface area contributed by atoms with Crippen LogP contribution in [0.5, 0.6) is 11.5 Å². The Hall–Kier alpha value is -5.17. The maximum atomic E-state index is 14.4. The molecule has 0 aliphatic carbocycles. The molecule has 1 amide bonds. The molecule has 2 aromatic carbocycles. The number of likely N-dealkylation sites (tertiary alicyclic amines) is 1. The normalized spacial score (nSPS) is 25.5. The van der Waals surface area contributed by atoms with Crippen molar-refractivity contribution < 1.29 is 28.4 Å². The van der Waals surface area contributed by atoms with Gasteiger partial charge in [0.25, 0.3) is 0 Å². The van der Waals surface area contributed by atoms with Crippen LogP contribution in [0, 0.1) is 5.21 Å². The van der Waals surface area contributed by atoms with Gasteiger partial charge in [0.1, 0.15) is 42.2 Å². The number of allylic oxidation sites excluding steroid dienone is 2. The fraction of sp³-hybridized carbons (Fsp3) is 0.457. The lowest BCUT2D eigenvalue weighted by Crippen LogP contribution is -2.52. The molecule has 12 nitrogen and oxygen atoms in total. The zero-order valence-electron chi connectivity index (χ0n) is 34.9. The number of H-pyrrole nitrogens is 2. The predicted molar refractivity (Wildman–Crippen MR) is 223 cm³/mol. The number of hydrogen-bond donors (Lipinski definition) is 2. The number of quaternary nitrogens is 1. The highest BCUT2D eigenvalue weighted by atomic mass is 16.6. The zero-order valence-corrected chi connectivity index (χ0v) is 34.9. The van der Waals surface area contributed by atoms with Crippen LogP contribution in [-0.2, 0) is 22.7 Å². The van der Waals surface area contributed by atoms with Gasteiger partial charge >= 0.3 is 6.09 Å². The van der Waals surface area contributed by atoms with E-state index in [0.717, 1.165) is 104 Å². The number of carbonyl (C=O) groups is 1. The van der Waals surface area contributed by atoms with Gasteiger partial charge in [-0.3, -0.25) is 4.90 Å². The van der Waals surface area contributed by atoms with E-state index in [2.05, 4.69) is 54.0 Å². The number of cyclic esters (lactones) is 1. The molecule has 4 aromatic rings. The van der Waals surface area contributed by atoms with Gasteiger partial charge in [0.2, 0.25) is 0 Å². The molecule has 3 fully saturated rings. The van der Waals surface area contributed by atoms with Gasteiger partial charge in [-0.05, 0) is 109 Å². The highest BCUT2D eigenvalue weighted by Crippen LogP contribution is 2.52. The maximum Gasteiger partial charge on any atom is 0.411 e. The van der Waals surface area contributed by atoms with Crippen LogP contribution in [0.3, 0.4) is 0 Å². The van der Waals surface area contributed by atoms with Gasteiger partial charge in [0.15, 0.2) is 12.6 Å². The minimum atomic E-state index is -0.714. The number of nitrogens with one attached hydrogen (secondary N) is 2. The van der Waals surface area contributed by atoms with E-state index in [9.17, 15) is 10.0 Å². The van der Waals surface area contributed by atoms with E-state index in [1.54, 1.807) is 4.90 Å². The molecule has 0 radical (unpaired) electrons. The van der Waals surface area contributed by atoms with Gasteiger partial charge in [-0.25, -0.2) is 14.8 Å². The molecule has 0 spiro atoms. The Morgan fingerprint density at radius 3 is 1.98 bits per heavy atom. The van der Waals surface area contributed by atoms with E-state index in [-0.39, 0.29) is 37.0 Å². The highest BCUT2D eigenvalue weighted by molar-refractivity contribution is 5.90. The van der Waals surface area contributed by atoms with Crippen molar-refractivity contribution in [2.75, 3.05) is 6.73 Å². The van der Waals surface area contributed by atoms with Crippen molar-refractivity contribution in [1.82, 2.24) is 24.8 Å². The largest absolute Gasteiger partial charge is 0.630 e. The van der Waals surface area contributed by atoms with Gasteiger partial charge in [-0.2, -0.15) is 0 Å². The Kier molecular flexibility index (Phi) is 8.71. The summed E-state index contributed by atoms with van der Waals surface area (Å²) in [5.74, 6) is 2.88. The lowest BCUT2D eigenvalue weighted by Gasteiger charge is -2.47. The predicted octanol–water partition coefficient (Wildman–Crippen LogP) is 10.3. The number of imidazole rings is 2. The second-order valence-corrected chi connectivity index (χ2v) is 18.4. The topological polar surface area (TPSA) is 138 Å². The zero-order chi connectivity index (χ0) is 41.2. The number of aromatic nitrogens is 4. The maximum absolute atomic E-state index is 14.4. The van der Waals surface area contributed by atoms with Gasteiger partial charge < -0.3 is 38.8 Å². The van der Waals surface area contributed by atoms with E-state index in [4.69, 9.17) is 28.9 Å². The number of hydroxylamine groups is 3. The Bertz CT molecular complexity index is 2380. The van der Waals surface area contributed by atoms with Crippen LogP contribution in [0.2, 0.25) is 0 Å². The first-order chi connectivity index (χ1) is 27.3. The van der Waals surface area contributed by atoms with E-state index < -0.39 is 15.8 Å². The summed E-state index contributed by atoms with van der Waals surface area (Å²) in [6.07, 6.45) is 2.69. The number of aromatic amines is 2. The van der Waals surface area contributed by atoms with Crippen molar-refractivity contribution in [2.45, 2.75) is 130 Å². The average Bonchev–Trinajstić information content (AvgIpc) is 3.96. The fourth-order valence-corrected chi connectivity index (χ4v) is 9.52. The molecule has 0 bridgehead atoms. The van der Waals surface area contributed by atoms with Crippen molar-refractivity contribution in [3.63, 3.8) is 0 Å². The molecule has 7 heterocycles. The molecule has 58 heavy (non-hydrogen) atoms. The van der Waals surface area contributed by atoms with Gasteiger partial charge in [0, 0.05) is 46.2 Å². The number of benzene rings is 2. The molecule has 5 aliphatic heterocycles. The average molecular weight is 787 g/mol. The van der Waals surface area contributed by atoms with E-state index >= 15 is 0 Å². The summed E-state index contributed by atoms with van der Waals surface area (Å²) in [6.45, 7) is 29.2. The summed E-state index contributed by atoms with van der Waals surface area (Å²) in [4.78, 5) is 32.3. The second kappa shape index (κ2) is 13.2. The molecule has 9 rings (SSSR count). The smallest absolute Gasteiger partial charge is 0.411 e. The van der Waals surface area contributed by atoms with Crippen LogP contribution < -0.4 is 9.47 Å². The van der Waals surface area contributed by atoms with Crippen molar-refractivity contribution in [2.24, 2.45) is 0 Å². The molecular weight excluding hydrogens is 733 g/mol. The lowest BCUT2D eigenvalue weighted by atomic mass is 9.87. The van der Waals surface area contributed by atoms with Crippen LogP contribution in [0.4, 0.5) is 4.79 Å². The minimum absolute atomic E-state index is 0.0620. The van der Waals surface area contributed by atoms with Crippen molar-refractivity contribution >= 4 is 17.2 Å². The summed E-state index contributed by atoms with van der Waals surface area (Å²) >= 11 is 0. The Balaban J connectivity index is 1.05. The third-order valence-corrected chi connectivity index (χ3v) is 12.8. The molecule has 3 saturated heterocycles. The van der Waals surface area contributed by atoms with E-state index in [0.29, 0.717) is 31.3 Å². The van der Waals surface area contributed by atoms with Crippen molar-refractivity contribution in [3.05, 3.63) is 88.9 Å².